The van der Waals surface area contributed by atoms with E-state index >= 15 is 0 Å². The van der Waals surface area contributed by atoms with Gasteiger partial charge in [0, 0.05) is 0 Å². The maximum Gasteiger partial charge on any atom is 0.279 e. The summed E-state index contributed by atoms with van der Waals surface area (Å²) in [6, 6.07) is -1.62. The highest BCUT2D eigenvalue weighted by molar-refractivity contribution is 6.00. The van der Waals surface area contributed by atoms with Gasteiger partial charge in [0.1, 0.15) is 29.9 Å². The predicted molar refractivity (Wildman–Crippen MR) is 94.3 cm³/mol. The Morgan fingerprint density at radius 2 is 2.30 bits per heavy atom. The van der Waals surface area contributed by atoms with Crippen LogP contribution in [0.4, 0.5) is 5.82 Å². The van der Waals surface area contributed by atoms with Gasteiger partial charge in [-0.15, -0.1) is 0 Å². The van der Waals surface area contributed by atoms with E-state index in [1.165, 1.54) is 10.9 Å². The molecule has 11 heteroatoms. The van der Waals surface area contributed by atoms with Crippen LogP contribution in [-0.4, -0.2) is 62.5 Å². The molecule has 1 aromatic rings. The van der Waals surface area contributed by atoms with Crippen molar-refractivity contribution in [2.24, 2.45) is 5.73 Å². The number of carbonyl (C=O) groups is 2. The van der Waals surface area contributed by atoms with Crippen molar-refractivity contribution >= 4 is 17.6 Å². The van der Waals surface area contributed by atoms with Crippen molar-refractivity contribution in [1.29, 1.82) is 0 Å². The molecule has 0 radical (unpaired) electrons. The average Bonchev–Trinajstić information content (AvgIpc) is 3.17. The van der Waals surface area contributed by atoms with Crippen LogP contribution in [0.3, 0.4) is 0 Å². The third kappa shape index (κ3) is 3.54. The number of nitrogens with zero attached hydrogens (tertiary/aromatic N) is 2. The fourth-order valence-electron chi connectivity index (χ4n) is 3.22. The Labute approximate surface area is 155 Å². The van der Waals surface area contributed by atoms with Crippen LogP contribution >= 0.6 is 0 Å². The van der Waals surface area contributed by atoms with E-state index in [1.807, 2.05) is 6.92 Å². The van der Waals surface area contributed by atoms with Gasteiger partial charge in [0.2, 0.25) is 5.91 Å². The number of ether oxygens (including phenoxy) is 1. The number of nitrogens with one attached hydrogen (secondary N) is 3. The molecule has 3 heterocycles. The maximum absolute atomic E-state index is 12.4. The second-order valence-electron chi connectivity index (χ2n) is 6.57. The van der Waals surface area contributed by atoms with Crippen LogP contribution in [0.2, 0.25) is 0 Å². The van der Waals surface area contributed by atoms with E-state index in [1.54, 1.807) is 0 Å². The summed E-state index contributed by atoms with van der Waals surface area (Å²) < 4.78 is 7.20. The molecule has 11 nitrogen and oxygen atoms in total. The third-order valence-corrected chi connectivity index (χ3v) is 4.61. The molecule has 2 aliphatic rings. The number of rotatable bonds is 6. The minimum atomic E-state index is -1.17. The minimum Gasteiger partial charge on any atom is -0.394 e. The van der Waals surface area contributed by atoms with Gasteiger partial charge in [0.05, 0.1) is 19.0 Å². The van der Waals surface area contributed by atoms with Crippen LogP contribution < -0.4 is 21.7 Å². The summed E-state index contributed by atoms with van der Waals surface area (Å²) in [4.78, 5) is 28.4. The Kier molecular flexibility index (Phi) is 5.46. The summed E-state index contributed by atoms with van der Waals surface area (Å²) in [6.45, 7) is 5.13. The standard InChI is InChI=1S/C16H24N6O5/c1-3-4-8(17)14(25)21-10-12(24)9(5-23)27-16(10)22-6-18-11-13(22)19-7(2)20-15(11)26/h6,8-10,12,16,19,23-24H,2-5,17H2,1H3,(H,20,26)(H,21,25)/t8?,9-,10+,12?,16-/m1/s1. The quantitative estimate of drug-likeness (QED) is 0.342. The first-order chi connectivity index (χ1) is 12.9. The molecule has 7 N–H and O–H groups in total. The van der Waals surface area contributed by atoms with E-state index in [2.05, 4.69) is 27.5 Å². The molecule has 27 heavy (non-hydrogen) atoms. The van der Waals surface area contributed by atoms with Gasteiger partial charge >= 0.3 is 0 Å². The molecule has 2 aliphatic heterocycles. The average molecular weight is 380 g/mol. The van der Waals surface area contributed by atoms with Gasteiger partial charge < -0.3 is 36.6 Å². The third-order valence-electron chi connectivity index (χ3n) is 4.61. The van der Waals surface area contributed by atoms with Crippen molar-refractivity contribution < 1.29 is 24.5 Å². The van der Waals surface area contributed by atoms with E-state index in [-0.39, 0.29) is 11.5 Å². The van der Waals surface area contributed by atoms with E-state index < -0.39 is 48.9 Å². The van der Waals surface area contributed by atoms with Crippen LogP contribution in [0.5, 0.6) is 0 Å². The number of aliphatic hydroxyl groups is 2. The number of amides is 2. The molecule has 0 aromatic carbocycles. The number of carbonyl (C=O) groups excluding carboxylic acids is 2. The number of aromatic nitrogens is 2. The first kappa shape index (κ1) is 19.3. The summed E-state index contributed by atoms with van der Waals surface area (Å²) >= 11 is 0. The summed E-state index contributed by atoms with van der Waals surface area (Å²) in [5, 5.41) is 28.1. The number of aliphatic hydroxyl groups excluding tert-OH is 2. The van der Waals surface area contributed by atoms with E-state index in [4.69, 9.17) is 10.5 Å². The molecule has 148 valence electrons. The Balaban J connectivity index is 1.90. The zero-order valence-electron chi connectivity index (χ0n) is 14.9. The van der Waals surface area contributed by atoms with Gasteiger partial charge in [-0.1, -0.05) is 19.9 Å². The van der Waals surface area contributed by atoms with Crippen molar-refractivity contribution in [2.45, 2.75) is 50.3 Å². The molecule has 2 amide bonds. The van der Waals surface area contributed by atoms with E-state index in [0.717, 1.165) is 6.42 Å². The topological polar surface area (TPSA) is 164 Å². The van der Waals surface area contributed by atoms with E-state index in [0.29, 0.717) is 12.2 Å². The Morgan fingerprint density at radius 1 is 1.56 bits per heavy atom. The molecule has 2 unspecified atom stereocenters. The molecule has 0 spiro atoms. The normalized spacial score (nSPS) is 28.3. The second-order valence-corrected chi connectivity index (χ2v) is 6.57. The van der Waals surface area contributed by atoms with Crippen LogP contribution in [0.25, 0.3) is 0 Å². The van der Waals surface area contributed by atoms with Crippen molar-refractivity contribution in [3.8, 4) is 0 Å². The molecule has 1 aromatic heterocycles. The summed E-state index contributed by atoms with van der Waals surface area (Å²) in [6.07, 6.45) is -0.406. The van der Waals surface area contributed by atoms with Crippen molar-refractivity contribution in [2.75, 3.05) is 11.9 Å². The summed E-state index contributed by atoms with van der Waals surface area (Å²) in [5.74, 6) is -0.291. The number of anilines is 1. The zero-order chi connectivity index (χ0) is 19.7. The fourth-order valence-corrected chi connectivity index (χ4v) is 3.22. The highest BCUT2D eigenvalue weighted by Crippen LogP contribution is 2.34. The van der Waals surface area contributed by atoms with Crippen molar-refractivity contribution in [3.05, 3.63) is 24.4 Å². The van der Waals surface area contributed by atoms with Crippen molar-refractivity contribution in [1.82, 2.24) is 20.2 Å². The Hall–Kier alpha value is -2.47. The molecule has 1 saturated heterocycles. The highest BCUT2D eigenvalue weighted by Gasteiger charge is 2.46. The SMILES string of the molecule is C=C1NC(=O)c2ncn([C@@H]3O[C@H](CO)C(O)[C@@H]3NC(=O)C(N)CCC)c2N1. The Bertz CT molecular complexity index is 750. The second kappa shape index (κ2) is 7.64. The predicted octanol–water partition coefficient (Wildman–Crippen LogP) is -1.63. The number of hydrogen-bond donors (Lipinski definition) is 6. The lowest BCUT2D eigenvalue weighted by Crippen LogP contribution is -2.51. The first-order valence-corrected chi connectivity index (χ1v) is 8.71. The van der Waals surface area contributed by atoms with Gasteiger partial charge in [0.25, 0.3) is 5.91 Å². The van der Waals surface area contributed by atoms with E-state index in [9.17, 15) is 19.8 Å². The molecule has 3 rings (SSSR count). The van der Waals surface area contributed by atoms with Gasteiger partial charge in [-0.05, 0) is 6.42 Å². The molecule has 1 fully saturated rings. The molecular formula is C16H24N6O5. The monoisotopic (exact) mass is 380 g/mol. The van der Waals surface area contributed by atoms with Gasteiger partial charge in [-0.3, -0.25) is 14.2 Å². The van der Waals surface area contributed by atoms with Gasteiger partial charge in [0.15, 0.2) is 11.9 Å². The molecule has 0 bridgehead atoms. The minimum absolute atomic E-state index is 0.126. The number of hydrogen-bond acceptors (Lipinski definition) is 8. The lowest BCUT2D eigenvalue weighted by atomic mass is 10.1. The Morgan fingerprint density at radius 3 is 2.96 bits per heavy atom. The smallest absolute Gasteiger partial charge is 0.279 e. The highest BCUT2D eigenvalue weighted by atomic mass is 16.5. The van der Waals surface area contributed by atoms with Crippen LogP contribution in [0, 0.1) is 0 Å². The first-order valence-electron chi connectivity index (χ1n) is 8.71. The number of nitrogens with two attached hydrogens (primary N) is 1. The molecule has 0 saturated carbocycles. The zero-order valence-corrected chi connectivity index (χ0v) is 14.9. The van der Waals surface area contributed by atoms with Crippen LogP contribution in [-0.2, 0) is 9.53 Å². The molecule has 0 aliphatic carbocycles. The van der Waals surface area contributed by atoms with Crippen LogP contribution in [0.1, 0.15) is 36.5 Å². The van der Waals surface area contributed by atoms with Gasteiger partial charge in [-0.25, -0.2) is 4.98 Å². The summed E-state index contributed by atoms with van der Waals surface area (Å²) in [5.41, 5.74) is 5.98. The largest absolute Gasteiger partial charge is 0.394 e. The summed E-state index contributed by atoms with van der Waals surface area (Å²) in [7, 11) is 0. The lowest BCUT2D eigenvalue weighted by molar-refractivity contribution is -0.124. The van der Waals surface area contributed by atoms with Crippen LogP contribution in [0.15, 0.2) is 18.7 Å². The van der Waals surface area contributed by atoms with Gasteiger partial charge in [-0.2, -0.15) is 0 Å². The molecular weight excluding hydrogens is 356 g/mol. The molecule has 5 atom stereocenters. The number of imidazole rings is 1. The van der Waals surface area contributed by atoms with Crippen molar-refractivity contribution in [3.63, 3.8) is 0 Å². The lowest BCUT2D eigenvalue weighted by Gasteiger charge is -2.27. The maximum atomic E-state index is 12.4. The fraction of sp³-hybridized carbons (Fsp3) is 0.562. The number of fused-ring (bicyclic) bond motifs is 1.